The van der Waals surface area contributed by atoms with Crippen LogP contribution in [0.5, 0.6) is 0 Å². The molecule has 6 rings (SSSR count). The molecular weight excluding hydrogens is 470 g/mol. The van der Waals surface area contributed by atoms with Gasteiger partial charge in [-0.1, -0.05) is 23.7 Å². The third kappa shape index (κ3) is 3.46. The molecule has 2 aliphatic heterocycles. The summed E-state index contributed by atoms with van der Waals surface area (Å²) in [4.78, 5) is 11.2. The summed E-state index contributed by atoms with van der Waals surface area (Å²) in [7, 11) is -2.51. The standard InChI is InChI=1S/C23H25ClF2N4O2S/c24-15-4-2-13(3-5-15)17-9-16-8-14(17)11-30(16)21-27-18-10-23(25,26)33(32)19(18)20(28-21)29-22(12-31)6-1-7-22/h2-5,14,16-17,31H,1,6-12H2,(H,27,28,29). The van der Waals surface area contributed by atoms with E-state index in [4.69, 9.17) is 11.6 Å². The molecule has 0 radical (unpaired) electrons. The minimum atomic E-state index is -3.36. The maximum atomic E-state index is 14.4. The van der Waals surface area contributed by atoms with Gasteiger partial charge in [-0.3, -0.25) is 0 Å². The number of benzene rings is 1. The summed E-state index contributed by atoms with van der Waals surface area (Å²) in [6.45, 7) is 0.627. The van der Waals surface area contributed by atoms with E-state index >= 15 is 0 Å². The third-order valence-corrected chi connectivity index (χ3v) is 9.59. The monoisotopic (exact) mass is 494 g/mol. The first-order valence-electron chi connectivity index (χ1n) is 11.4. The molecule has 4 atom stereocenters. The molecule has 2 saturated carbocycles. The number of hydrogen-bond acceptors (Lipinski definition) is 6. The number of fused-ring (bicyclic) bond motifs is 3. The molecule has 2 bridgehead atoms. The van der Waals surface area contributed by atoms with Crippen molar-refractivity contribution in [1.29, 1.82) is 0 Å². The van der Waals surface area contributed by atoms with Crippen LogP contribution in [0.2, 0.25) is 5.02 Å². The molecule has 4 aliphatic rings. The Kier molecular flexibility index (Phi) is 4.98. The van der Waals surface area contributed by atoms with Gasteiger partial charge in [-0.25, -0.2) is 9.19 Å². The molecule has 6 nitrogen and oxygen atoms in total. The Labute approximate surface area is 198 Å². The Bertz CT molecular complexity index is 1120. The van der Waals surface area contributed by atoms with Crippen LogP contribution in [-0.4, -0.2) is 49.3 Å². The molecule has 2 N–H and O–H groups in total. The third-order valence-electron chi connectivity index (χ3n) is 7.85. The number of nitrogens with one attached hydrogen (secondary N) is 1. The average molecular weight is 495 g/mol. The van der Waals surface area contributed by atoms with Crippen LogP contribution in [0.4, 0.5) is 20.5 Å². The molecule has 33 heavy (non-hydrogen) atoms. The Morgan fingerprint density at radius 2 is 1.97 bits per heavy atom. The van der Waals surface area contributed by atoms with Gasteiger partial charge in [0.25, 0.3) is 0 Å². The maximum absolute atomic E-state index is 14.4. The first-order chi connectivity index (χ1) is 15.8. The van der Waals surface area contributed by atoms with Crippen molar-refractivity contribution >= 4 is 34.2 Å². The lowest BCUT2D eigenvalue weighted by atomic mass is 9.77. The highest BCUT2D eigenvalue weighted by Crippen LogP contribution is 2.50. The second-order valence-corrected chi connectivity index (χ2v) is 11.8. The molecule has 0 amide bonds. The molecule has 1 aromatic heterocycles. The number of aliphatic hydroxyl groups excluding tert-OH is 1. The highest BCUT2D eigenvalue weighted by molar-refractivity contribution is 7.86. The maximum Gasteiger partial charge on any atom is 0.331 e. The van der Waals surface area contributed by atoms with E-state index in [2.05, 4.69) is 32.3 Å². The van der Waals surface area contributed by atoms with Crippen molar-refractivity contribution < 1.29 is 18.1 Å². The van der Waals surface area contributed by atoms with Gasteiger partial charge in [-0.05, 0) is 61.6 Å². The van der Waals surface area contributed by atoms with Crippen LogP contribution < -0.4 is 10.2 Å². The van der Waals surface area contributed by atoms with Gasteiger partial charge in [-0.2, -0.15) is 13.8 Å². The summed E-state index contributed by atoms with van der Waals surface area (Å²) >= 11 is 6.04. The molecule has 3 fully saturated rings. The van der Waals surface area contributed by atoms with Crippen molar-refractivity contribution in [3.05, 3.63) is 40.5 Å². The summed E-state index contributed by atoms with van der Waals surface area (Å²) in [5.74, 6) is 1.46. The van der Waals surface area contributed by atoms with E-state index in [1.165, 1.54) is 5.56 Å². The van der Waals surface area contributed by atoms with E-state index in [1.807, 2.05) is 12.1 Å². The normalized spacial score (nSPS) is 30.8. The molecule has 2 aliphatic carbocycles. The van der Waals surface area contributed by atoms with Gasteiger partial charge < -0.3 is 15.3 Å². The summed E-state index contributed by atoms with van der Waals surface area (Å²) < 4.78 is 41.3. The summed E-state index contributed by atoms with van der Waals surface area (Å²) in [5, 5.41) is 10.4. The number of hydrogen-bond donors (Lipinski definition) is 2. The number of rotatable bonds is 5. The second kappa shape index (κ2) is 7.58. The fourth-order valence-electron chi connectivity index (χ4n) is 5.92. The Hall–Kier alpha value is -1.84. The topological polar surface area (TPSA) is 78.4 Å². The Balaban J connectivity index is 1.31. The average Bonchev–Trinajstić information content (AvgIpc) is 3.43. The first kappa shape index (κ1) is 21.7. The minimum absolute atomic E-state index is 0.00753. The number of alkyl halides is 2. The van der Waals surface area contributed by atoms with Gasteiger partial charge in [0, 0.05) is 17.6 Å². The zero-order valence-electron chi connectivity index (χ0n) is 17.9. The Morgan fingerprint density at radius 1 is 1.21 bits per heavy atom. The molecule has 0 spiro atoms. The number of halogens is 3. The first-order valence-corrected chi connectivity index (χ1v) is 12.9. The van der Waals surface area contributed by atoms with Crippen molar-refractivity contribution in [3.63, 3.8) is 0 Å². The van der Waals surface area contributed by atoms with Crippen molar-refractivity contribution in [1.82, 2.24) is 9.97 Å². The lowest BCUT2D eigenvalue weighted by molar-refractivity contribution is 0.104. The quantitative estimate of drug-likeness (QED) is 0.651. The SMILES string of the molecule is O=S1c2c(nc(N3CC4CC3CC4c3ccc(Cl)cc3)nc2NC2(CO)CCC2)CC1(F)F. The van der Waals surface area contributed by atoms with Crippen LogP contribution >= 0.6 is 11.6 Å². The number of anilines is 2. The largest absolute Gasteiger partial charge is 0.394 e. The predicted molar refractivity (Wildman–Crippen MR) is 122 cm³/mol. The van der Waals surface area contributed by atoms with Gasteiger partial charge >= 0.3 is 5.25 Å². The highest BCUT2D eigenvalue weighted by Gasteiger charge is 2.51. The van der Waals surface area contributed by atoms with E-state index in [0.29, 0.717) is 17.8 Å². The minimum Gasteiger partial charge on any atom is -0.394 e. The van der Waals surface area contributed by atoms with E-state index in [9.17, 15) is 18.1 Å². The second-order valence-electron chi connectivity index (χ2n) is 9.84. The van der Waals surface area contributed by atoms with Crippen molar-refractivity contribution in [2.45, 2.75) is 66.2 Å². The van der Waals surface area contributed by atoms with Crippen LogP contribution in [0.15, 0.2) is 29.2 Å². The Morgan fingerprint density at radius 3 is 2.58 bits per heavy atom. The van der Waals surface area contributed by atoms with Gasteiger partial charge in [0.1, 0.15) is 21.5 Å². The van der Waals surface area contributed by atoms with Crippen LogP contribution in [0.3, 0.4) is 0 Å². The molecule has 1 saturated heterocycles. The van der Waals surface area contributed by atoms with Crippen LogP contribution in [0, 0.1) is 5.92 Å². The van der Waals surface area contributed by atoms with Crippen molar-refractivity contribution in [3.8, 4) is 0 Å². The molecule has 10 heteroatoms. The van der Waals surface area contributed by atoms with Crippen molar-refractivity contribution in [2.75, 3.05) is 23.4 Å². The van der Waals surface area contributed by atoms with E-state index in [-0.39, 0.29) is 29.1 Å². The van der Waals surface area contributed by atoms with E-state index in [1.54, 1.807) is 0 Å². The van der Waals surface area contributed by atoms with Gasteiger partial charge in [0.15, 0.2) is 0 Å². The number of aromatic nitrogens is 2. The molecule has 1 aromatic carbocycles. The fraction of sp³-hybridized carbons (Fsp3) is 0.565. The molecule has 4 unspecified atom stereocenters. The summed E-state index contributed by atoms with van der Waals surface area (Å²) in [6.07, 6.45) is 3.67. The number of aliphatic hydroxyl groups is 1. The van der Waals surface area contributed by atoms with Crippen molar-refractivity contribution in [2.24, 2.45) is 5.92 Å². The van der Waals surface area contributed by atoms with Gasteiger partial charge in [-0.15, -0.1) is 0 Å². The smallest absolute Gasteiger partial charge is 0.331 e. The molecule has 2 aromatic rings. The van der Waals surface area contributed by atoms with Crippen LogP contribution in [-0.2, 0) is 17.2 Å². The zero-order chi connectivity index (χ0) is 23.0. The van der Waals surface area contributed by atoms with Gasteiger partial charge in [0.05, 0.1) is 24.3 Å². The summed E-state index contributed by atoms with van der Waals surface area (Å²) in [6, 6.07) is 8.22. The van der Waals surface area contributed by atoms with E-state index < -0.39 is 28.0 Å². The van der Waals surface area contributed by atoms with Crippen LogP contribution in [0.25, 0.3) is 0 Å². The molecule has 176 valence electrons. The number of piperidine rings is 1. The van der Waals surface area contributed by atoms with E-state index in [0.717, 1.165) is 43.7 Å². The predicted octanol–water partition coefficient (Wildman–Crippen LogP) is 4.10. The molecule has 3 heterocycles. The molecular formula is C23H25ClF2N4O2S. The number of nitrogens with zero attached hydrogens (tertiary/aromatic N) is 3. The van der Waals surface area contributed by atoms with Gasteiger partial charge in [0.2, 0.25) is 5.95 Å². The van der Waals surface area contributed by atoms with Crippen LogP contribution in [0.1, 0.15) is 49.3 Å². The highest BCUT2D eigenvalue weighted by atomic mass is 35.5. The zero-order valence-corrected chi connectivity index (χ0v) is 19.5. The summed E-state index contributed by atoms with van der Waals surface area (Å²) in [5.41, 5.74) is 0.828. The lowest BCUT2D eigenvalue weighted by Gasteiger charge is -2.42. The fourth-order valence-corrected chi connectivity index (χ4v) is 7.21. The lowest BCUT2D eigenvalue weighted by Crippen LogP contribution is -2.49.